The zero-order chi connectivity index (χ0) is 23.1. The average Bonchev–Trinajstić information content (AvgIpc) is 2.77. The fraction of sp³-hybridized carbons (Fsp3) is 0.360. The van der Waals surface area contributed by atoms with Crippen LogP contribution in [0.1, 0.15) is 32.3 Å². The Bertz CT molecular complexity index is 1000. The summed E-state index contributed by atoms with van der Waals surface area (Å²) in [5.74, 6) is 0.787. The van der Waals surface area contributed by atoms with Gasteiger partial charge in [-0.15, -0.1) is 9.24 Å². The van der Waals surface area contributed by atoms with Gasteiger partial charge in [0, 0.05) is 31.5 Å². The van der Waals surface area contributed by atoms with E-state index in [0.717, 1.165) is 54.5 Å². The molecule has 5 nitrogen and oxygen atoms in total. The molecule has 0 N–H and O–H groups in total. The number of hydrogen-bond acceptors (Lipinski definition) is 4. The summed E-state index contributed by atoms with van der Waals surface area (Å²) in [6.45, 7) is 6.19. The second-order valence-corrected chi connectivity index (χ2v) is 9.11. The quantitative estimate of drug-likeness (QED) is 0.188. The van der Waals surface area contributed by atoms with Crippen LogP contribution in [0.4, 0.5) is 11.4 Å². The Morgan fingerprint density at radius 3 is 2.66 bits per heavy atom. The van der Waals surface area contributed by atoms with Gasteiger partial charge in [0.25, 0.3) is 0 Å². The normalized spacial score (nSPS) is 15.7. The monoisotopic (exact) mass is 471 g/mol. The Kier molecular flexibility index (Phi) is 8.86. The average molecular weight is 472 g/mol. The second kappa shape index (κ2) is 11.6. The molecule has 1 fully saturated rings. The van der Waals surface area contributed by atoms with Crippen molar-refractivity contribution in [3.05, 3.63) is 64.8 Å². The molecular weight excluding hydrogens is 441 g/mol. The van der Waals surface area contributed by atoms with Crippen molar-refractivity contribution in [2.24, 2.45) is 4.99 Å². The van der Waals surface area contributed by atoms with Gasteiger partial charge in [-0.25, -0.2) is 4.99 Å². The van der Waals surface area contributed by atoms with Gasteiger partial charge >= 0.3 is 0 Å². The minimum atomic E-state index is 0.269. The summed E-state index contributed by atoms with van der Waals surface area (Å²) in [6.07, 6.45) is 4.42. The Balaban J connectivity index is 1.57. The number of amidine groups is 1. The number of anilines is 2. The van der Waals surface area contributed by atoms with Gasteiger partial charge in [-0.2, -0.15) is 0 Å². The summed E-state index contributed by atoms with van der Waals surface area (Å²) < 4.78 is 6.15. The maximum absolute atomic E-state index is 10.6. The van der Waals surface area contributed by atoms with E-state index in [1.54, 1.807) is 6.92 Å². The van der Waals surface area contributed by atoms with Crippen LogP contribution in [0.15, 0.2) is 59.2 Å². The van der Waals surface area contributed by atoms with Crippen LogP contribution < -0.4 is 15.1 Å². The highest BCUT2D eigenvalue weighted by Gasteiger charge is 2.22. The summed E-state index contributed by atoms with van der Waals surface area (Å²) in [5.41, 5.74) is 3.87. The molecule has 1 saturated heterocycles. The molecule has 1 heterocycles. The number of piperidine rings is 1. The highest BCUT2D eigenvalue weighted by Crippen LogP contribution is 2.32. The van der Waals surface area contributed by atoms with Crippen LogP contribution in [0, 0.1) is 0 Å². The number of aldehydes is 1. The van der Waals surface area contributed by atoms with Gasteiger partial charge in [-0.1, -0.05) is 29.8 Å². The van der Waals surface area contributed by atoms with Crippen LogP contribution in [-0.4, -0.2) is 38.4 Å². The van der Waals surface area contributed by atoms with E-state index >= 15 is 0 Å². The highest BCUT2D eigenvalue weighted by atomic mass is 35.5. The van der Waals surface area contributed by atoms with Crippen molar-refractivity contribution in [3.8, 4) is 0 Å². The summed E-state index contributed by atoms with van der Waals surface area (Å²) >= 11 is 6.66. The third-order valence-corrected chi connectivity index (χ3v) is 6.33. The predicted molar refractivity (Wildman–Crippen MR) is 139 cm³/mol. The summed E-state index contributed by atoms with van der Waals surface area (Å²) in [7, 11) is 4.67. The van der Waals surface area contributed by atoms with Crippen LogP contribution >= 0.6 is 20.8 Å². The number of nitrogens with zero attached hydrogens (tertiary/aromatic N) is 3. The first-order chi connectivity index (χ1) is 15.4. The topological polar surface area (TPSA) is 45.1 Å². The van der Waals surface area contributed by atoms with Crippen molar-refractivity contribution in [2.45, 2.75) is 39.4 Å². The molecule has 0 amide bonds. The van der Waals surface area contributed by atoms with Gasteiger partial charge in [0.2, 0.25) is 0 Å². The molecule has 0 spiro atoms. The van der Waals surface area contributed by atoms with Crippen molar-refractivity contribution in [1.82, 2.24) is 0 Å². The molecule has 2 aromatic carbocycles. The van der Waals surface area contributed by atoms with Crippen LogP contribution in [0.25, 0.3) is 0 Å². The lowest BCUT2D eigenvalue weighted by atomic mass is 10.1. The first kappa shape index (κ1) is 24.4. The van der Waals surface area contributed by atoms with Gasteiger partial charge in [0.15, 0.2) is 0 Å². The molecular formula is C25H31ClN3O2P. The van der Waals surface area contributed by atoms with Crippen LogP contribution in [0.3, 0.4) is 0 Å². The standard InChI is InChI=1S/C25H31ClN3O2P/c1-18(11-14-30)27-19(2)28(3)21-7-8-25(24(26)16-21)29-12-9-22(10-13-29)31-17-20-5-4-6-23(32)15-20/h4-8,11,14-16,22H,9-10,12-13,17,32H2,1-3H3/b18-11-,27-19-. The van der Waals surface area contributed by atoms with E-state index in [0.29, 0.717) is 12.3 Å². The predicted octanol–water partition coefficient (Wildman–Crippen LogP) is 4.98. The van der Waals surface area contributed by atoms with Crippen molar-refractivity contribution >= 4 is 49.6 Å². The summed E-state index contributed by atoms with van der Waals surface area (Å²) in [6, 6.07) is 14.5. The van der Waals surface area contributed by atoms with Gasteiger partial charge in [-0.05, 0) is 67.9 Å². The molecule has 1 aliphatic heterocycles. The van der Waals surface area contributed by atoms with Gasteiger partial charge < -0.3 is 14.5 Å². The van der Waals surface area contributed by atoms with Gasteiger partial charge in [-0.3, -0.25) is 4.79 Å². The smallest absolute Gasteiger partial charge is 0.144 e. The second-order valence-electron chi connectivity index (χ2n) is 8.04. The molecule has 32 heavy (non-hydrogen) atoms. The third-order valence-electron chi connectivity index (χ3n) is 5.67. The molecule has 7 heteroatoms. The van der Waals surface area contributed by atoms with E-state index < -0.39 is 0 Å². The van der Waals surface area contributed by atoms with E-state index in [2.05, 4.69) is 55.5 Å². The number of halogens is 1. The lowest BCUT2D eigenvalue weighted by molar-refractivity contribution is -0.104. The van der Waals surface area contributed by atoms with Crippen LogP contribution in [0.2, 0.25) is 5.02 Å². The number of carbonyl (C=O) groups is 1. The fourth-order valence-electron chi connectivity index (χ4n) is 3.77. The molecule has 0 aliphatic carbocycles. The first-order valence-corrected chi connectivity index (χ1v) is 11.7. The Morgan fingerprint density at radius 2 is 2.00 bits per heavy atom. The Labute approximate surface area is 198 Å². The zero-order valence-corrected chi connectivity index (χ0v) is 20.8. The number of rotatable bonds is 7. The first-order valence-electron chi connectivity index (χ1n) is 10.8. The maximum Gasteiger partial charge on any atom is 0.144 e. The lowest BCUT2D eigenvalue weighted by Gasteiger charge is -2.34. The minimum Gasteiger partial charge on any atom is -0.373 e. The lowest BCUT2D eigenvalue weighted by Crippen LogP contribution is -2.37. The molecule has 1 atom stereocenters. The molecule has 1 aliphatic rings. The number of benzene rings is 2. The van der Waals surface area contributed by atoms with Crippen molar-refractivity contribution in [3.63, 3.8) is 0 Å². The molecule has 2 aromatic rings. The molecule has 1 unspecified atom stereocenters. The minimum absolute atomic E-state index is 0.269. The number of carbonyl (C=O) groups excluding carboxylic acids is 1. The molecule has 0 saturated carbocycles. The van der Waals surface area contributed by atoms with E-state index in [4.69, 9.17) is 16.3 Å². The Hall–Kier alpha value is -2.20. The summed E-state index contributed by atoms with van der Waals surface area (Å²) in [5, 5.41) is 1.90. The third kappa shape index (κ3) is 6.65. The van der Waals surface area contributed by atoms with E-state index in [9.17, 15) is 4.79 Å². The number of allylic oxidation sites excluding steroid dienone is 2. The molecule has 3 rings (SSSR count). The van der Waals surface area contributed by atoms with Crippen molar-refractivity contribution in [2.75, 3.05) is 29.9 Å². The van der Waals surface area contributed by atoms with Crippen LogP contribution in [0.5, 0.6) is 0 Å². The largest absolute Gasteiger partial charge is 0.373 e. The van der Waals surface area contributed by atoms with Crippen LogP contribution in [-0.2, 0) is 16.1 Å². The number of ether oxygens (including phenoxy) is 1. The van der Waals surface area contributed by atoms with E-state index in [-0.39, 0.29) is 6.10 Å². The molecule has 170 valence electrons. The number of aliphatic imine (C=N–C) groups is 1. The number of hydrogen-bond donors (Lipinski definition) is 0. The highest BCUT2D eigenvalue weighted by molar-refractivity contribution is 7.27. The van der Waals surface area contributed by atoms with Crippen molar-refractivity contribution < 1.29 is 9.53 Å². The summed E-state index contributed by atoms with van der Waals surface area (Å²) in [4.78, 5) is 19.3. The van der Waals surface area contributed by atoms with E-state index in [1.165, 1.54) is 16.9 Å². The molecule has 0 aromatic heterocycles. The SMILES string of the molecule is CC(=C/C=O)/N=C(/C)N(C)c1ccc(N2CCC(OCc3cccc(P)c3)CC2)c(Cl)c1. The molecule has 0 radical (unpaired) electrons. The Morgan fingerprint density at radius 1 is 1.25 bits per heavy atom. The fourth-order valence-corrected chi connectivity index (χ4v) is 4.39. The van der Waals surface area contributed by atoms with Gasteiger partial charge in [0.1, 0.15) is 12.1 Å². The molecule has 0 bridgehead atoms. The maximum atomic E-state index is 10.6. The van der Waals surface area contributed by atoms with Crippen molar-refractivity contribution in [1.29, 1.82) is 0 Å². The van der Waals surface area contributed by atoms with Gasteiger partial charge in [0.05, 0.1) is 23.4 Å². The van der Waals surface area contributed by atoms with E-state index in [1.807, 2.05) is 24.9 Å². The zero-order valence-electron chi connectivity index (χ0n) is 18.9.